The highest BCUT2D eigenvalue weighted by atomic mass is 14.5. The van der Waals surface area contributed by atoms with Crippen molar-refractivity contribution in [2.24, 2.45) is 17.8 Å². The molecule has 42 valence electrons. The molecule has 2 unspecified atom stereocenters. The van der Waals surface area contributed by atoms with Crippen molar-refractivity contribution in [3.63, 3.8) is 0 Å². The first kappa shape index (κ1) is 5.14. The SMILES string of the molecule is CCC1C(C)C1C. The highest BCUT2D eigenvalue weighted by Gasteiger charge is 2.40. The molecule has 0 nitrogen and oxygen atoms in total. The summed E-state index contributed by atoms with van der Waals surface area (Å²) < 4.78 is 0. The predicted molar refractivity (Wildman–Crippen MR) is 32.1 cm³/mol. The van der Waals surface area contributed by atoms with Crippen LogP contribution in [0.3, 0.4) is 0 Å². The Labute approximate surface area is 45.9 Å². The van der Waals surface area contributed by atoms with E-state index in [1.807, 2.05) is 0 Å². The van der Waals surface area contributed by atoms with Crippen molar-refractivity contribution in [2.75, 3.05) is 0 Å². The van der Waals surface area contributed by atoms with E-state index in [-0.39, 0.29) is 0 Å². The Morgan fingerprint density at radius 2 is 1.57 bits per heavy atom. The van der Waals surface area contributed by atoms with Crippen molar-refractivity contribution >= 4 is 0 Å². The minimum absolute atomic E-state index is 1.03. The van der Waals surface area contributed by atoms with Crippen LogP contribution in [-0.4, -0.2) is 0 Å². The van der Waals surface area contributed by atoms with Crippen molar-refractivity contribution in [1.29, 1.82) is 0 Å². The highest BCUT2D eigenvalue weighted by molar-refractivity contribution is 4.89. The molecular weight excluding hydrogens is 84.1 g/mol. The summed E-state index contributed by atoms with van der Waals surface area (Å²) >= 11 is 0. The lowest BCUT2D eigenvalue weighted by Crippen LogP contribution is -1.70. The van der Waals surface area contributed by atoms with Gasteiger partial charge in [0.15, 0.2) is 0 Å². The topological polar surface area (TPSA) is 0 Å². The average Bonchev–Trinajstić information content (AvgIpc) is 2.17. The third kappa shape index (κ3) is 0.667. The lowest BCUT2D eigenvalue weighted by atomic mass is 10.3. The third-order valence-electron chi connectivity index (χ3n) is 2.51. The Balaban J connectivity index is 2.24. The third-order valence-corrected chi connectivity index (χ3v) is 2.51. The lowest BCUT2D eigenvalue weighted by Gasteiger charge is -1.80. The summed E-state index contributed by atoms with van der Waals surface area (Å²) in [7, 11) is 0. The molecule has 0 aromatic rings. The molecule has 0 spiro atoms. The zero-order valence-corrected chi connectivity index (χ0v) is 5.44. The van der Waals surface area contributed by atoms with Crippen molar-refractivity contribution in [1.82, 2.24) is 0 Å². The first-order chi connectivity index (χ1) is 3.27. The van der Waals surface area contributed by atoms with E-state index in [2.05, 4.69) is 20.8 Å². The molecule has 0 radical (unpaired) electrons. The van der Waals surface area contributed by atoms with Gasteiger partial charge in [0.1, 0.15) is 0 Å². The van der Waals surface area contributed by atoms with E-state index >= 15 is 0 Å². The van der Waals surface area contributed by atoms with Crippen molar-refractivity contribution in [2.45, 2.75) is 27.2 Å². The van der Waals surface area contributed by atoms with Crippen molar-refractivity contribution < 1.29 is 0 Å². The molecule has 0 amide bonds. The van der Waals surface area contributed by atoms with Gasteiger partial charge in [0, 0.05) is 0 Å². The normalized spacial score (nSPS) is 49.3. The molecule has 1 fully saturated rings. The molecule has 1 aliphatic carbocycles. The molecule has 1 saturated carbocycles. The minimum Gasteiger partial charge on any atom is -0.0651 e. The van der Waals surface area contributed by atoms with Crippen LogP contribution in [0.4, 0.5) is 0 Å². The highest BCUT2D eigenvalue weighted by Crippen LogP contribution is 2.47. The largest absolute Gasteiger partial charge is 0.0651 e. The van der Waals surface area contributed by atoms with Crippen LogP contribution in [0.25, 0.3) is 0 Å². The molecule has 0 aromatic heterocycles. The summed E-state index contributed by atoms with van der Waals surface area (Å²) in [6.07, 6.45) is 1.39. The van der Waals surface area contributed by atoms with Gasteiger partial charge in [0.25, 0.3) is 0 Å². The Morgan fingerprint density at radius 3 is 1.57 bits per heavy atom. The van der Waals surface area contributed by atoms with Gasteiger partial charge in [-0.1, -0.05) is 27.2 Å². The summed E-state index contributed by atoms with van der Waals surface area (Å²) in [6.45, 7) is 6.97. The van der Waals surface area contributed by atoms with Gasteiger partial charge in [0.05, 0.1) is 0 Å². The maximum absolute atomic E-state index is 2.35. The molecule has 0 heteroatoms. The standard InChI is InChI=1S/C7H14/c1-4-7-5(2)6(7)3/h5-7H,4H2,1-3H3. The molecule has 2 atom stereocenters. The minimum atomic E-state index is 1.03. The quantitative estimate of drug-likeness (QED) is 0.472. The van der Waals surface area contributed by atoms with Gasteiger partial charge in [-0.25, -0.2) is 0 Å². The Kier molecular flexibility index (Phi) is 1.10. The number of hydrogen-bond acceptors (Lipinski definition) is 0. The van der Waals surface area contributed by atoms with Gasteiger partial charge in [-0.2, -0.15) is 0 Å². The summed E-state index contributed by atoms with van der Waals surface area (Å²) in [5, 5.41) is 0. The fraction of sp³-hybridized carbons (Fsp3) is 1.00. The van der Waals surface area contributed by atoms with Crippen LogP contribution in [-0.2, 0) is 0 Å². The zero-order valence-electron chi connectivity index (χ0n) is 5.44. The summed E-state index contributed by atoms with van der Waals surface area (Å²) in [6, 6.07) is 0. The fourth-order valence-corrected chi connectivity index (χ4v) is 1.51. The monoisotopic (exact) mass is 98.1 g/mol. The van der Waals surface area contributed by atoms with Gasteiger partial charge in [-0.3, -0.25) is 0 Å². The Bertz CT molecular complexity index is 58.4. The lowest BCUT2D eigenvalue weighted by molar-refractivity contribution is 0.707. The van der Waals surface area contributed by atoms with Gasteiger partial charge in [0.2, 0.25) is 0 Å². The molecular formula is C7H14. The maximum Gasteiger partial charge on any atom is -0.0360 e. The van der Waals surface area contributed by atoms with Crippen LogP contribution in [0, 0.1) is 17.8 Å². The van der Waals surface area contributed by atoms with Crippen LogP contribution in [0.2, 0.25) is 0 Å². The Hall–Kier alpha value is 0. The van der Waals surface area contributed by atoms with Gasteiger partial charge in [-0.15, -0.1) is 0 Å². The molecule has 1 aliphatic rings. The smallest absolute Gasteiger partial charge is 0.0360 e. The molecule has 0 aliphatic heterocycles. The molecule has 0 N–H and O–H groups in total. The van der Waals surface area contributed by atoms with Crippen molar-refractivity contribution in [3.8, 4) is 0 Å². The number of rotatable bonds is 1. The zero-order chi connectivity index (χ0) is 5.44. The summed E-state index contributed by atoms with van der Waals surface area (Å²) in [5.74, 6) is 3.13. The van der Waals surface area contributed by atoms with Gasteiger partial charge < -0.3 is 0 Å². The van der Waals surface area contributed by atoms with E-state index in [0.717, 1.165) is 17.8 Å². The molecule has 0 saturated heterocycles. The molecule has 0 heterocycles. The van der Waals surface area contributed by atoms with Gasteiger partial charge >= 0.3 is 0 Å². The second-order valence-corrected chi connectivity index (χ2v) is 2.79. The van der Waals surface area contributed by atoms with Crippen LogP contribution >= 0.6 is 0 Å². The first-order valence-electron chi connectivity index (χ1n) is 3.27. The second-order valence-electron chi connectivity index (χ2n) is 2.79. The van der Waals surface area contributed by atoms with Crippen molar-refractivity contribution in [3.05, 3.63) is 0 Å². The molecule has 0 aromatic carbocycles. The average molecular weight is 98.2 g/mol. The summed E-state index contributed by atoms with van der Waals surface area (Å²) in [5.41, 5.74) is 0. The molecule has 0 bridgehead atoms. The first-order valence-corrected chi connectivity index (χ1v) is 3.27. The van der Waals surface area contributed by atoms with Crippen LogP contribution in [0.15, 0.2) is 0 Å². The van der Waals surface area contributed by atoms with E-state index in [1.54, 1.807) is 0 Å². The van der Waals surface area contributed by atoms with Crippen LogP contribution in [0.1, 0.15) is 27.2 Å². The van der Waals surface area contributed by atoms with E-state index in [4.69, 9.17) is 0 Å². The van der Waals surface area contributed by atoms with E-state index in [0.29, 0.717) is 0 Å². The fourth-order valence-electron chi connectivity index (χ4n) is 1.51. The maximum atomic E-state index is 2.35. The molecule has 7 heavy (non-hydrogen) atoms. The second kappa shape index (κ2) is 1.50. The van der Waals surface area contributed by atoms with E-state index < -0.39 is 0 Å². The number of hydrogen-bond donors (Lipinski definition) is 0. The Morgan fingerprint density at radius 1 is 1.14 bits per heavy atom. The predicted octanol–water partition coefficient (Wildman–Crippen LogP) is 2.30. The van der Waals surface area contributed by atoms with E-state index in [9.17, 15) is 0 Å². The molecule has 1 rings (SSSR count). The van der Waals surface area contributed by atoms with E-state index in [1.165, 1.54) is 6.42 Å². The van der Waals surface area contributed by atoms with Crippen LogP contribution in [0.5, 0.6) is 0 Å². The van der Waals surface area contributed by atoms with Gasteiger partial charge in [-0.05, 0) is 17.8 Å². The summed E-state index contributed by atoms with van der Waals surface area (Å²) in [4.78, 5) is 0. The van der Waals surface area contributed by atoms with Crippen LogP contribution < -0.4 is 0 Å².